The monoisotopic (exact) mass is 224 g/mol. The van der Waals surface area contributed by atoms with Gasteiger partial charge < -0.3 is 15.6 Å². The van der Waals surface area contributed by atoms with E-state index in [2.05, 4.69) is 10.3 Å². The Morgan fingerprint density at radius 2 is 2.31 bits per heavy atom. The van der Waals surface area contributed by atoms with Gasteiger partial charge in [-0.15, -0.1) is 0 Å². The maximum Gasteiger partial charge on any atom is 0.271 e. The van der Waals surface area contributed by atoms with Crippen molar-refractivity contribution >= 4 is 5.91 Å². The summed E-state index contributed by atoms with van der Waals surface area (Å²) in [6, 6.07) is 0. The van der Waals surface area contributed by atoms with Crippen LogP contribution in [0.4, 0.5) is 0 Å². The van der Waals surface area contributed by atoms with E-state index < -0.39 is 5.54 Å². The van der Waals surface area contributed by atoms with Gasteiger partial charge in [-0.05, 0) is 12.8 Å². The maximum atomic E-state index is 11.9. The summed E-state index contributed by atoms with van der Waals surface area (Å²) in [5.74, 6) is 0.0902. The first-order valence-corrected chi connectivity index (χ1v) is 5.39. The molecular formula is C11H20N4O. The minimum Gasteiger partial charge on any atom is -0.344 e. The van der Waals surface area contributed by atoms with Gasteiger partial charge >= 0.3 is 0 Å². The number of aromatic nitrogens is 2. The minimum absolute atomic E-state index is 0.178. The lowest BCUT2D eigenvalue weighted by Crippen LogP contribution is -2.55. The predicted octanol–water partition coefficient (Wildman–Crippen LogP) is 0.523. The highest BCUT2D eigenvalue weighted by molar-refractivity contribution is 5.92. The number of imidazole rings is 1. The molecule has 1 unspecified atom stereocenters. The van der Waals surface area contributed by atoms with Crippen molar-refractivity contribution in [1.82, 2.24) is 14.9 Å². The highest BCUT2D eigenvalue weighted by Gasteiger charge is 2.29. The molecule has 1 rings (SSSR count). The van der Waals surface area contributed by atoms with Crippen LogP contribution < -0.4 is 11.1 Å². The van der Waals surface area contributed by atoms with E-state index >= 15 is 0 Å². The summed E-state index contributed by atoms with van der Waals surface area (Å²) in [5, 5.41) is 2.93. The van der Waals surface area contributed by atoms with Crippen molar-refractivity contribution in [3.05, 3.63) is 18.2 Å². The molecule has 5 heteroatoms. The summed E-state index contributed by atoms with van der Waals surface area (Å²) in [5.41, 5.74) is 5.72. The Morgan fingerprint density at radius 3 is 2.69 bits per heavy atom. The molecule has 0 radical (unpaired) electrons. The molecule has 3 N–H and O–H groups in total. The van der Waals surface area contributed by atoms with Gasteiger partial charge in [0.2, 0.25) is 0 Å². The zero-order valence-electron chi connectivity index (χ0n) is 10.3. The second-order valence-electron chi connectivity index (χ2n) is 4.65. The fourth-order valence-corrected chi connectivity index (χ4v) is 1.28. The van der Waals surface area contributed by atoms with Gasteiger partial charge in [-0.2, -0.15) is 0 Å². The Hall–Kier alpha value is -1.36. The highest BCUT2D eigenvalue weighted by atomic mass is 16.2. The van der Waals surface area contributed by atoms with Crippen molar-refractivity contribution < 1.29 is 4.79 Å². The Bertz CT molecular complexity index is 372. The molecule has 0 fully saturated rings. The lowest BCUT2D eigenvalue weighted by atomic mass is 9.88. The first-order chi connectivity index (χ1) is 7.39. The smallest absolute Gasteiger partial charge is 0.271 e. The maximum absolute atomic E-state index is 11.9. The quantitative estimate of drug-likeness (QED) is 0.783. The number of nitrogens with zero attached hydrogens (tertiary/aromatic N) is 2. The van der Waals surface area contributed by atoms with E-state index in [0.29, 0.717) is 12.2 Å². The van der Waals surface area contributed by atoms with Crippen molar-refractivity contribution in [3.63, 3.8) is 0 Å². The van der Waals surface area contributed by atoms with Gasteiger partial charge in [0.25, 0.3) is 5.91 Å². The van der Waals surface area contributed by atoms with Crippen LogP contribution in [0.3, 0.4) is 0 Å². The van der Waals surface area contributed by atoms with Gasteiger partial charge in [-0.1, -0.05) is 13.8 Å². The van der Waals surface area contributed by atoms with Gasteiger partial charge in [0, 0.05) is 19.8 Å². The molecule has 0 saturated heterocycles. The Morgan fingerprint density at radius 1 is 1.69 bits per heavy atom. The molecule has 90 valence electrons. The van der Waals surface area contributed by atoms with Crippen LogP contribution in [0.5, 0.6) is 0 Å². The lowest BCUT2D eigenvalue weighted by molar-refractivity contribution is 0.0878. The number of aryl methyl sites for hydroxylation is 1. The summed E-state index contributed by atoms with van der Waals surface area (Å²) in [7, 11) is 1.83. The molecule has 0 aromatic carbocycles. The molecule has 1 aromatic rings. The molecule has 0 bridgehead atoms. The van der Waals surface area contributed by atoms with Crippen LogP contribution in [-0.2, 0) is 7.05 Å². The SMILES string of the molecule is CC(C)C(C)(CN)NC(=O)c1cn(C)cn1. The zero-order valence-corrected chi connectivity index (χ0v) is 10.3. The standard InChI is InChI=1S/C11H20N4O/c1-8(2)11(3,6-12)14-10(16)9-5-15(4)7-13-9/h5,7-8H,6,12H2,1-4H3,(H,14,16). The number of hydrogen-bond acceptors (Lipinski definition) is 3. The first-order valence-electron chi connectivity index (χ1n) is 5.39. The summed E-state index contributed by atoms with van der Waals surface area (Å²) in [6.07, 6.45) is 3.29. The number of carbonyl (C=O) groups excluding carboxylic acids is 1. The van der Waals surface area contributed by atoms with E-state index in [4.69, 9.17) is 5.73 Å². The van der Waals surface area contributed by atoms with E-state index in [-0.39, 0.29) is 11.8 Å². The van der Waals surface area contributed by atoms with Crippen LogP contribution >= 0.6 is 0 Å². The molecule has 0 spiro atoms. The van der Waals surface area contributed by atoms with Crippen LogP contribution in [0.15, 0.2) is 12.5 Å². The topological polar surface area (TPSA) is 72.9 Å². The Kier molecular flexibility index (Phi) is 3.70. The third kappa shape index (κ3) is 2.61. The normalized spacial score (nSPS) is 14.9. The van der Waals surface area contributed by atoms with E-state index in [1.165, 1.54) is 0 Å². The Labute approximate surface area is 96.0 Å². The van der Waals surface area contributed by atoms with Crippen molar-refractivity contribution in [3.8, 4) is 0 Å². The predicted molar refractivity (Wildman–Crippen MR) is 63.0 cm³/mol. The van der Waals surface area contributed by atoms with Crippen LogP contribution in [0, 0.1) is 5.92 Å². The fourth-order valence-electron chi connectivity index (χ4n) is 1.28. The summed E-state index contributed by atoms with van der Waals surface area (Å²) >= 11 is 0. The molecular weight excluding hydrogens is 204 g/mol. The van der Waals surface area contributed by atoms with Gasteiger partial charge in [-0.25, -0.2) is 4.98 Å². The third-order valence-electron chi connectivity index (χ3n) is 3.03. The van der Waals surface area contributed by atoms with Gasteiger partial charge in [-0.3, -0.25) is 4.79 Å². The van der Waals surface area contributed by atoms with Crippen molar-refractivity contribution in [2.75, 3.05) is 6.54 Å². The molecule has 0 aliphatic rings. The molecule has 1 atom stereocenters. The third-order valence-corrected chi connectivity index (χ3v) is 3.03. The van der Waals surface area contributed by atoms with Crippen LogP contribution in [0.1, 0.15) is 31.3 Å². The van der Waals surface area contributed by atoms with E-state index in [1.54, 1.807) is 17.1 Å². The number of carbonyl (C=O) groups is 1. The minimum atomic E-state index is -0.394. The molecule has 5 nitrogen and oxygen atoms in total. The van der Waals surface area contributed by atoms with Crippen molar-refractivity contribution in [1.29, 1.82) is 0 Å². The largest absolute Gasteiger partial charge is 0.344 e. The van der Waals surface area contributed by atoms with Gasteiger partial charge in [0.1, 0.15) is 5.69 Å². The van der Waals surface area contributed by atoms with Crippen LogP contribution in [0.2, 0.25) is 0 Å². The summed E-state index contributed by atoms with van der Waals surface area (Å²) < 4.78 is 1.74. The second kappa shape index (κ2) is 4.65. The number of hydrogen-bond donors (Lipinski definition) is 2. The van der Waals surface area contributed by atoms with Crippen LogP contribution in [-0.4, -0.2) is 27.5 Å². The lowest BCUT2D eigenvalue weighted by Gasteiger charge is -2.33. The number of nitrogens with two attached hydrogens (primary N) is 1. The molecule has 1 amide bonds. The number of nitrogens with one attached hydrogen (secondary N) is 1. The zero-order chi connectivity index (χ0) is 12.3. The number of amides is 1. The van der Waals surface area contributed by atoms with E-state index in [1.807, 2.05) is 27.8 Å². The average Bonchev–Trinajstić information content (AvgIpc) is 2.64. The molecule has 16 heavy (non-hydrogen) atoms. The first kappa shape index (κ1) is 12.7. The number of rotatable bonds is 4. The Balaban J connectivity index is 2.77. The molecule has 0 saturated carbocycles. The molecule has 1 heterocycles. The summed E-state index contributed by atoms with van der Waals surface area (Å²) in [6.45, 7) is 6.42. The molecule has 0 aliphatic carbocycles. The van der Waals surface area contributed by atoms with Crippen LogP contribution in [0.25, 0.3) is 0 Å². The van der Waals surface area contributed by atoms with Crippen molar-refractivity contribution in [2.24, 2.45) is 18.7 Å². The van der Waals surface area contributed by atoms with Gasteiger partial charge in [0.05, 0.1) is 11.9 Å². The van der Waals surface area contributed by atoms with Gasteiger partial charge in [0.15, 0.2) is 0 Å². The fraction of sp³-hybridized carbons (Fsp3) is 0.636. The highest BCUT2D eigenvalue weighted by Crippen LogP contribution is 2.15. The average molecular weight is 224 g/mol. The van der Waals surface area contributed by atoms with E-state index in [0.717, 1.165) is 0 Å². The molecule has 0 aliphatic heterocycles. The summed E-state index contributed by atoms with van der Waals surface area (Å²) in [4.78, 5) is 15.9. The molecule has 1 aromatic heterocycles. The van der Waals surface area contributed by atoms with Crippen molar-refractivity contribution in [2.45, 2.75) is 26.3 Å². The second-order valence-corrected chi connectivity index (χ2v) is 4.65. The van der Waals surface area contributed by atoms with E-state index in [9.17, 15) is 4.79 Å².